The fourth-order valence-electron chi connectivity index (χ4n) is 3.58. The Bertz CT molecular complexity index is 466. The van der Waals surface area contributed by atoms with Crippen LogP contribution in [0.25, 0.3) is 0 Å². The van der Waals surface area contributed by atoms with Crippen LogP contribution in [-0.4, -0.2) is 50.4 Å². The smallest absolute Gasteiger partial charge is 0.119 e. The first-order valence-electron chi connectivity index (χ1n) is 8.07. The average Bonchev–Trinajstić information content (AvgIpc) is 2.96. The van der Waals surface area contributed by atoms with E-state index in [0.717, 1.165) is 18.9 Å². The molecule has 0 amide bonds. The molecule has 4 nitrogen and oxygen atoms in total. The Morgan fingerprint density at radius 2 is 2.38 bits per heavy atom. The number of rotatable bonds is 5. The van der Waals surface area contributed by atoms with E-state index < -0.39 is 0 Å². The standard InChI is InChI=1S/C17H26N2O2/c1-3-20-15-8-4-6-13(10-15)17(18-2)16-11-19-9-5-7-14(19)12-21-16/h4,6,8,10,14,16-18H,3,5,7,9,11-12H2,1-2H3. The number of nitrogens with one attached hydrogen (secondary N) is 1. The van der Waals surface area contributed by atoms with Crippen molar-refractivity contribution < 1.29 is 9.47 Å². The lowest BCUT2D eigenvalue weighted by Crippen LogP contribution is -2.50. The number of nitrogens with zero attached hydrogens (tertiary/aromatic N) is 1. The van der Waals surface area contributed by atoms with Crippen LogP contribution >= 0.6 is 0 Å². The highest BCUT2D eigenvalue weighted by atomic mass is 16.5. The van der Waals surface area contributed by atoms with Crippen LogP contribution in [0.4, 0.5) is 0 Å². The summed E-state index contributed by atoms with van der Waals surface area (Å²) >= 11 is 0. The molecule has 0 aromatic heterocycles. The molecule has 21 heavy (non-hydrogen) atoms. The predicted octanol–water partition coefficient (Wildman–Crippen LogP) is 2.21. The molecule has 2 heterocycles. The molecule has 3 unspecified atom stereocenters. The molecule has 2 aliphatic rings. The van der Waals surface area contributed by atoms with Gasteiger partial charge in [0, 0.05) is 12.6 Å². The van der Waals surface area contributed by atoms with E-state index in [1.807, 2.05) is 20.0 Å². The molecule has 4 heteroatoms. The first-order valence-corrected chi connectivity index (χ1v) is 8.07. The molecular weight excluding hydrogens is 264 g/mol. The van der Waals surface area contributed by atoms with E-state index in [1.165, 1.54) is 24.9 Å². The highest BCUT2D eigenvalue weighted by Crippen LogP contribution is 2.29. The van der Waals surface area contributed by atoms with E-state index >= 15 is 0 Å². The van der Waals surface area contributed by atoms with Gasteiger partial charge in [0.2, 0.25) is 0 Å². The summed E-state index contributed by atoms with van der Waals surface area (Å²) in [6.45, 7) is 5.83. The van der Waals surface area contributed by atoms with E-state index in [1.54, 1.807) is 0 Å². The van der Waals surface area contributed by atoms with Crippen LogP contribution in [-0.2, 0) is 4.74 Å². The van der Waals surface area contributed by atoms with Crippen LogP contribution in [0.2, 0.25) is 0 Å². The highest BCUT2D eigenvalue weighted by Gasteiger charge is 2.35. The zero-order valence-electron chi connectivity index (χ0n) is 13.0. The van der Waals surface area contributed by atoms with Gasteiger partial charge in [0.1, 0.15) is 5.75 Å². The van der Waals surface area contributed by atoms with Gasteiger partial charge in [-0.1, -0.05) is 12.1 Å². The van der Waals surface area contributed by atoms with E-state index in [0.29, 0.717) is 12.6 Å². The second-order valence-corrected chi connectivity index (χ2v) is 5.93. The Labute approximate surface area is 127 Å². The maximum atomic E-state index is 6.15. The number of benzene rings is 1. The molecule has 0 saturated carbocycles. The lowest BCUT2D eigenvalue weighted by molar-refractivity contribution is -0.0642. The Balaban J connectivity index is 1.73. The molecule has 0 aliphatic carbocycles. The maximum absolute atomic E-state index is 6.15. The van der Waals surface area contributed by atoms with Gasteiger partial charge < -0.3 is 14.8 Å². The molecule has 116 valence electrons. The molecule has 2 saturated heterocycles. The minimum Gasteiger partial charge on any atom is -0.494 e. The molecule has 3 rings (SSSR count). The first kappa shape index (κ1) is 14.8. The van der Waals surface area contributed by atoms with Gasteiger partial charge in [-0.15, -0.1) is 0 Å². The second-order valence-electron chi connectivity index (χ2n) is 5.93. The van der Waals surface area contributed by atoms with Crippen molar-refractivity contribution in [3.05, 3.63) is 29.8 Å². The van der Waals surface area contributed by atoms with Gasteiger partial charge in [-0.3, -0.25) is 4.90 Å². The van der Waals surface area contributed by atoms with Crippen LogP contribution in [0.3, 0.4) is 0 Å². The Morgan fingerprint density at radius 3 is 3.19 bits per heavy atom. The van der Waals surface area contributed by atoms with Crippen LogP contribution in [0.15, 0.2) is 24.3 Å². The molecule has 1 N–H and O–H groups in total. The molecule has 2 fully saturated rings. The van der Waals surface area contributed by atoms with Gasteiger partial charge >= 0.3 is 0 Å². The number of hydrogen-bond acceptors (Lipinski definition) is 4. The first-order chi connectivity index (χ1) is 10.3. The number of morpholine rings is 1. The summed E-state index contributed by atoms with van der Waals surface area (Å²) in [6, 6.07) is 9.22. The molecule has 0 bridgehead atoms. The number of fused-ring (bicyclic) bond motifs is 1. The summed E-state index contributed by atoms with van der Waals surface area (Å²) in [4.78, 5) is 2.59. The highest BCUT2D eigenvalue weighted by molar-refractivity contribution is 5.31. The largest absolute Gasteiger partial charge is 0.494 e. The SMILES string of the molecule is CCOc1cccc(C(NC)C2CN3CCCC3CO2)c1. The molecule has 2 aliphatic heterocycles. The minimum atomic E-state index is 0.209. The van der Waals surface area contributed by atoms with E-state index in [9.17, 15) is 0 Å². The number of ether oxygens (including phenoxy) is 2. The molecule has 0 spiro atoms. The number of likely N-dealkylation sites (N-methyl/N-ethyl adjacent to an activating group) is 1. The third kappa shape index (κ3) is 3.23. The van der Waals surface area contributed by atoms with Crippen molar-refractivity contribution in [3.8, 4) is 5.75 Å². The van der Waals surface area contributed by atoms with Crippen molar-refractivity contribution in [2.75, 3.05) is 33.4 Å². The second kappa shape index (κ2) is 6.77. The summed E-state index contributed by atoms with van der Waals surface area (Å²) in [7, 11) is 2.01. The molecule has 1 aromatic carbocycles. The van der Waals surface area contributed by atoms with Crippen LogP contribution < -0.4 is 10.1 Å². The molecule has 3 atom stereocenters. The Kier molecular flexibility index (Phi) is 4.78. The zero-order valence-corrected chi connectivity index (χ0v) is 13.0. The van der Waals surface area contributed by atoms with Gasteiger partial charge in [-0.2, -0.15) is 0 Å². The maximum Gasteiger partial charge on any atom is 0.119 e. The Hall–Kier alpha value is -1.10. The lowest BCUT2D eigenvalue weighted by atomic mass is 9.99. The summed E-state index contributed by atoms with van der Waals surface area (Å²) in [5.41, 5.74) is 1.24. The Morgan fingerprint density at radius 1 is 1.48 bits per heavy atom. The third-order valence-corrected chi connectivity index (χ3v) is 4.63. The summed E-state index contributed by atoms with van der Waals surface area (Å²) in [6.07, 6.45) is 2.81. The van der Waals surface area contributed by atoms with Crippen molar-refractivity contribution >= 4 is 0 Å². The number of hydrogen-bond donors (Lipinski definition) is 1. The summed E-state index contributed by atoms with van der Waals surface area (Å²) in [5, 5.41) is 3.43. The summed E-state index contributed by atoms with van der Waals surface area (Å²) in [5.74, 6) is 0.935. The van der Waals surface area contributed by atoms with E-state index in [4.69, 9.17) is 9.47 Å². The molecular formula is C17H26N2O2. The lowest BCUT2D eigenvalue weighted by Gasteiger charge is -2.39. The van der Waals surface area contributed by atoms with Crippen molar-refractivity contribution in [1.29, 1.82) is 0 Å². The van der Waals surface area contributed by atoms with Crippen LogP contribution in [0.1, 0.15) is 31.4 Å². The quantitative estimate of drug-likeness (QED) is 0.901. The minimum absolute atomic E-state index is 0.209. The van der Waals surface area contributed by atoms with Crippen LogP contribution in [0, 0.1) is 0 Å². The van der Waals surface area contributed by atoms with Crippen molar-refractivity contribution in [2.24, 2.45) is 0 Å². The zero-order chi connectivity index (χ0) is 14.7. The fraction of sp³-hybridized carbons (Fsp3) is 0.647. The van der Waals surface area contributed by atoms with E-state index in [2.05, 4.69) is 28.4 Å². The normalized spacial score (nSPS) is 27.3. The monoisotopic (exact) mass is 290 g/mol. The predicted molar refractivity (Wildman–Crippen MR) is 83.7 cm³/mol. The van der Waals surface area contributed by atoms with E-state index in [-0.39, 0.29) is 12.1 Å². The summed E-state index contributed by atoms with van der Waals surface area (Å²) < 4.78 is 11.8. The molecule has 1 aromatic rings. The fourth-order valence-corrected chi connectivity index (χ4v) is 3.58. The topological polar surface area (TPSA) is 33.7 Å². The van der Waals surface area contributed by atoms with Crippen molar-refractivity contribution in [3.63, 3.8) is 0 Å². The van der Waals surface area contributed by atoms with Gasteiger partial charge in [-0.25, -0.2) is 0 Å². The van der Waals surface area contributed by atoms with Crippen molar-refractivity contribution in [2.45, 2.75) is 38.0 Å². The van der Waals surface area contributed by atoms with Gasteiger partial charge in [-0.05, 0) is 51.1 Å². The van der Waals surface area contributed by atoms with Gasteiger partial charge in [0.15, 0.2) is 0 Å². The third-order valence-electron chi connectivity index (χ3n) is 4.63. The van der Waals surface area contributed by atoms with Gasteiger partial charge in [0.25, 0.3) is 0 Å². The molecule has 0 radical (unpaired) electrons. The van der Waals surface area contributed by atoms with Crippen molar-refractivity contribution in [1.82, 2.24) is 10.2 Å². The van der Waals surface area contributed by atoms with Crippen LogP contribution in [0.5, 0.6) is 5.75 Å². The van der Waals surface area contributed by atoms with Gasteiger partial charge in [0.05, 0.1) is 25.4 Å². The average molecular weight is 290 g/mol.